The first-order valence-corrected chi connectivity index (χ1v) is 11.7. The second-order valence-corrected chi connectivity index (χ2v) is 9.21. The molecule has 1 N–H and O–H groups in total. The molecular weight excluding hydrogens is 405 g/mol. The Morgan fingerprint density at radius 3 is 2.38 bits per heavy atom. The molecule has 2 aliphatic carbocycles. The molecule has 0 radical (unpaired) electrons. The van der Waals surface area contributed by atoms with Crippen molar-refractivity contribution in [1.82, 2.24) is 4.90 Å². The number of hydrogen-bond donors (Lipinski definition) is 1. The van der Waals surface area contributed by atoms with Gasteiger partial charge >= 0.3 is 0 Å². The molecule has 0 aromatic heterocycles. The van der Waals surface area contributed by atoms with Crippen LogP contribution in [0.25, 0.3) is 5.76 Å². The highest BCUT2D eigenvalue weighted by atomic mass is 19.1. The van der Waals surface area contributed by atoms with Crippen LogP contribution in [0.15, 0.2) is 48.0 Å². The molecule has 1 unspecified atom stereocenters. The molecule has 1 aliphatic heterocycles. The van der Waals surface area contributed by atoms with E-state index in [2.05, 4.69) is 0 Å². The summed E-state index contributed by atoms with van der Waals surface area (Å²) in [5.74, 6) is -2.04. The van der Waals surface area contributed by atoms with Gasteiger partial charge in [0.15, 0.2) is 0 Å². The number of hydrogen-bond acceptors (Lipinski definition) is 3. The minimum Gasteiger partial charge on any atom is -0.507 e. The number of benzene rings is 2. The number of aliphatic hydroxyl groups is 1. The second kappa shape index (κ2) is 8.53. The summed E-state index contributed by atoms with van der Waals surface area (Å²) >= 11 is 0. The summed E-state index contributed by atoms with van der Waals surface area (Å²) in [7, 11) is 0. The Bertz CT molecular complexity index is 1100. The Hall–Kier alpha value is -2.95. The van der Waals surface area contributed by atoms with E-state index in [4.69, 9.17) is 0 Å². The zero-order valence-electron chi connectivity index (χ0n) is 18.1. The van der Waals surface area contributed by atoms with Crippen LogP contribution in [0, 0.1) is 5.82 Å². The van der Waals surface area contributed by atoms with Gasteiger partial charge in [-0.15, -0.1) is 0 Å². The van der Waals surface area contributed by atoms with Crippen molar-refractivity contribution in [2.24, 2.45) is 0 Å². The first-order valence-electron chi connectivity index (χ1n) is 11.7. The van der Waals surface area contributed by atoms with Gasteiger partial charge in [-0.1, -0.05) is 49.6 Å². The lowest BCUT2D eigenvalue weighted by atomic mass is 9.88. The van der Waals surface area contributed by atoms with E-state index in [1.165, 1.54) is 17.2 Å². The molecule has 3 aliphatic rings. The number of fused-ring (bicyclic) bond motifs is 1. The van der Waals surface area contributed by atoms with Gasteiger partial charge in [0, 0.05) is 17.2 Å². The van der Waals surface area contributed by atoms with Crippen molar-refractivity contribution in [3.05, 3.63) is 76.1 Å². The molecule has 1 heterocycles. The van der Waals surface area contributed by atoms with E-state index in [9.17, 15) is 19.1 Å². The van der Waals surface area contributed by atoms with Gasteiger partial charge in [-0.3, -0.25) is 9.59 Å². The maximum atomic E-state index is 14.9. The van der Waals surface area contributed by atoms with E-state index < -0.39 is 23.5 Å². The molecule has 5 heteroatoms. The van der Waals surface area contributed by atoms with Gasteiger partial charge in [-0.25, -0.2) is 4.39 Å². The quantitative estimate of drug-likeness (QED) is 0.397. The number of rotatable bonds is 3. The van der Waals surface area contributed by atoms with Crippen LogP contribution in [0.2, 0.25) is 0 Å². The fraction of sp³-hybridized carbons (Fsp3) is 0.407. The van der Waals surface area contributed by atoms with Crippen LogP contribution in [-0.2, 0) is 22.4 Å². The zero-order valence-corrected chi connectivity index (χ0v) is 18.1. The van der Waals surface area contributed by atoms with Crippen LogP contribution in [0.1, 0.15) is 73.2 Å². The molecular formula is C27H28FNO3. The summed E-state index contributed by atoms with van der Waals surface area (Å²) < 4.78 is 14.9. The van der Waals surface area contributed by atoms with E-state index in [0.29, 0.717) is 5.56 Å². The number of carbonyl (C=O) groups is 2. The standard InChI is InChI=1S/C27H28FNO3/c28-22-13-7-6-12-21(22)24-23(26(31)27(32)29(24)20-10-2-1-3-11-20)25(30)19-15-14-17-8-4-5-9-18(17)16-19/h6-7,12-16,20,24,30H,1-5,8-11H2/b25-23+. The van der Waals surface area contributed by atoms with Crippen LogP contribution < -0.4 is 0 Å². The molecule has 1 saturated carbocycles. The van der Waals surface area contributed by atoms with Crippen LogP contribution in [-0.4, -0.2) is 27.7 Å². The number of carbonyl (C=O) groups excluding carboxylic acids is 2. The highest BCUT2D eigenvalue weighted by Gasteiger charge is 2.49. The summed E-state index contributed by atoms with van der Waals surface area (Å²) in [4.78, 5) is 28.0. The SMILES string of the molecule is O=C1C(=O)N(C2CCCCC2)C(c2ccccc2F)/C1=C(\O)c1ccc2c(c1)CCCC2. The zero-order chi connectivity index (χ0) is 22.2. The molecule has 4 nitrogen and oxygen atoms in total. The average molecular weight is 434 g/mol. The normalized spacial score (nSPS) is 23.4. The molecule has 1 amide bonds. The maximum absolute atomic E-state index is 14.9. The maximum Gasteiger partial charge on any atom is 0.295 e. The number of aryl methyl sites for hydroxylation is 2. The Morgan fingerprint density at radius 2 is 1.62 bits per heavy atom. The Labute approximate surface area is 187 Å². The summed E-state index contributed by atoms with van der Waals surface area (Å²) in [6.07, 6.45) is 8.82. The Balaban J connectivity index is 1.65. The van der Waals surface area contributed by atoms with Crippen molar-refractivity contribution in [1.29, 1.82) is 0 Å². The van der Waals surface area contributed by atoms with Gasteiger partial charge in [0.1, 0.15) is 11.6 Å². The average Bonchev–Trinajstić information content (AvgIpc) is 3.09. The fourth-order valence-electron chi connectivity index (χ4n) is 5.62. The van der Waals surface area contributed by atoms with Crippen molar-refractivity contribution >= 4 is 17.4 Å². The van der Waals surface area contributed by atoms with E-state index in [0.717, 1.165) is 57.8 Å². The first kappa shape index (κ1) is 20.9. The molecule has 1 saturated heterocycles. The highest BCUT2D eigenvalue weighted by molar-refractivity contribution is 6.46. The number of ketones is 1. The number of amides is 1. The molecule has 5 rings (SSSR count). The lowest BCUT2D eigenvalue weighted by molar-refractivity contribution is -0.141. The van der Waals surface area contributed by atoms with Crippen LogP contribution in [0.4, 0.5) is 4.39 Å². The number of halogens is 1. The molecule has 166 valence electrons. The van der Waals surface area contributed by atoms with E-state index in [-0.39, 0.29) is 22.9 Å². The molecule has 2 aromatic carbocycles. The molecule has 2 aromatic rings. The predicted octanol–water partition coefficient (Wildman–Crippen LogP) is 5.46. The Kier molecular flexibility index (Phi) is 5.58. The topological polar surface area (TPSA) is 57.6 Å². The van der Waals surface area contributed by atoms with Gasteiger partial charge in [0.25, 0.3) is 11.7 Å². The Morgan fingerprint density at radius 1 is 0.906 bits per heavy atom. The summed E-state index contributed by atoms with van der Waals surface area (Å²) in [5.41, 5.74) is 3.22. The van der Waals surface area contributed by atoms with Crippen molar-refractivity contribution in [3.63, 3.8) is 0 Å². The van der Waals surface area contributed by atoms with Crippen molar-refractivity contribution in [2.45, 2.75) is 69.9 Å². The number of aliphatic hydroxyl groups excluding tert-OH is 1. The largest absolute Gasteiger partial charge is 0.507 e. The summed E-state index contributed by atoms with van der Waals surface area (Å²) in [6, 6.07) is 11.0. The molecule has 0 spiro atoms. The number of nitrogens with zero attached hydrogens (tertiary/aromatic N) is 1. The minimum atomic E-state index is -0.907. The van der Waals surface area contributed by atoms with Crippen LogP contribution >= 0.6 is 0 Å². The molecule has 0 bridgehead atoms. The predicted molar refractivity (Wildman–Crippen MR) is 120 cm³/mol. The number of Topliss-reactive ketones (excluding diaryl/α,β-unsaturated/α-hetero) is 1. The van der Waals surface area contributed by atoms with Gasteiger partial charge < -0.3 is 10.0 Å². The fourth-order valence-corrected chi connectivity index (χ4v) is 5.62. The monoisotopic (exact) mass is 433 g/mol. The molecule has 32 heavy (non-hydrogen) atoms. The van der Waals surface area contributed by atoms with Gasteiger partial charge in [-0.05, 0) is 61.8 Å². The lowest BCUT2D eigenvalue weighted by Crippen LogP contribution is -2.40. The second-order valence-electron chi connectivity index (χ2n) is 9.21. The lowest BCUT2D eigenvalue weighted by Gasteiger charge is -2.35. The highest BCUT2D eigenvalue weighted by Crippen LogP contribution is 2.44. The first-order chi connectivity index (χ1) is 15.6. The van der Waals surface area contributed by atoms with Gasteiger partial charge in [-0.2, -0.15) is 0 Å². The van der Waals surface area contributed by atoms with Crippen molar-refractivity contribution < 1.29 is 19.1 Å². The van der Waals surface area contributed by atoms with Crippen LogP contribution in [0.3, 0.4) is 0 Å². The van der Waals surface area contributed by atoms with E-state index in [1.54, 1.807) is 23.1 Å². The summed E-state index contributed by atoms with van der Waals surface area (Å²) in [5, 5.41) is 11.3. The van der Waals surface area contributed by atoms with Crippen LogP contribution in [0.5, 0.6) is 0 Å². The smallest absolute Gasteiger partial charge is 0.295 e. The molecule has 1 atom stereocenters. The van der Waals surface area contributed by atoms with Gasteiger partial charge in [0.05, 0.1) is 11.6 Å². The third-order valence-electron chi connectivity index (χ3n) is 7.27. The van der Waals surface area contributed by atoms with Crippen molar-refractivity contribution in [3.8, 4) is 0 Å². The van der Waals surface area contributed by atoms with Gasteiger partial charge in [0.2, 0.25) is 0 Å². The number of likely N-dealkylation sites (tertiary alicyclic amines) is 1. The molecule has 2 fully saturated rings. The minimum absolute atomic E-state index is 0.00133. The third-order valence-corrected chi connectivity index (χ3v) is 7.27. The van der Waals surface area contributed by atoms with E-state index in [1.807, 2.05) is 18.2 Å². The third kappa shape index (κ3) is 3.54. The van der Waals surface area contributed by atoms with Crippen molar-refractivity contribution in [2.75, 3.05) is 0 Å². The summed E-state index contributed by atoms with van der Waals surface area (Å²) in [6.45, 7) is 0. The van der Waals surface area contributed by atoms with E-state index >= 15 is 0 Å².